The van der Waals surface area contributed by atoms with Crippen LogP contribution in [0.4, 0.5) is 0 Å². The fourth-order valence-electron chi connectivity index (χ4n) is 2.83. The second-order valence-corrected chi connectivity index (χ2v) is 5.91. The first-order chi connectivity index (χ1) is 11.7. The Morgan fingerprint density at radius 2 is 1.71 bits per heavy atom. The summed E-state index contributed by atoms with van der Waals surface area (Å²) >= 11 is 0. The number of aromatic nitrogens is 1. The van der Waals surface area contributed by atoms with E-state index in [-0.39, 0.29) is 23.9 Å². The van der Waals surface area contributed by atoms with Crippen molar-refractivity contribution in [3.63, 3.8) is 0 Å². The minimum atomic E-state index is -0.517. The van der Waals surface area contributed by atoms with E-state index in [1.54, 1.807) is 12.4 Å². The Morgan fingerprint density at radius 1 is 1.08 bits per heavy atom. The average Bonchev–Trinajstić information content (AvgIpc) is 2.61. The second-order valence-electron chi connectivity index (χ2n) is 5.91. The highest BCUT2D eigenvalue weighted by atomic mass is 16.4. The highest BCUT2D eigenvalue weighted by Gasteiger charge is 2.20. The zero-order valence-electron chi connectivity index (χ0n) is 13.4. The van der Waals surface area contributed by atoms with Crippen molar-refractivity contribution in [2.75, 3.05) is 26.2 Å². The van der Waals surface area contributed by atoms with Crippen LogP contribution in [0.3, 0.4) is 0 Å². The minimum Gasteiger partial charge on any atom is -0.502 e. The lowest BCUT2D eigenvalue weighted by atomic mass is 10.2. The molecule has 0 aromatic carbocycles. The predicted molar refractivity (Wildman–Crippen MR) is 87.4 cm³/mol. The van der Waals surface area contributed by atoms with Crippen LogP contribution in [0.5, 0.6) is 5.75 Å². The van der Waals surface area contributed by atoms with Crippen LogP contribution in [0, 0.1) is 0 Å². The molecule has 7 heteroatoms. The topological polar surface area (TPSA) is 90.0 Å². The normalized spacial score (nSPS) is 16.4. The van der Waals surface area contributed by atoms with Gasteiger partial charge in [-0.15, -0.1) is 0 Å². The van der Waals surface area contributed by atoms with Gasteiger partial charge in [0.25, 0.3) is 0 Å². The van der Waals surface area contributed by atoms with Gasteiger partial charge < -0.3 is 14.6 Å². The molecule has 2 aromatic rings. The number of hydrogen-bond donors (Lipinski definition) is 2. The maximum atomic E-state index is 11.7. The van der Waals surface area contributed by atoms with E-state index in [9.17, 15) is 9.90 Å². The summed E-state index contributed by atoms with van der Waals surface area (Å²) in [6.45, 7) is 4.31. The van der Waals surface area contributed by atoms with E-state index in [0.29, 0.717) is 6.54 Å². The molecule has 1 aliphatic rings. The Bertz CT molecular complexity index is 724. The lowest BCUT2D eigenvalue weighted by Crippen LogP contribution is -2.45. The molecule has 0 bridgehead atoms. The van der Waals surface area contributed by atoms with Crippen LogP contribution in [0.1, 0.15) is 17.1 Å². The summed E-state index contributed by atoms with van der Waals surface area (Å²) in [4.78, 5) is 20.2. The molecular weight excluding hydrogens is 310 g/mol. The smallest absolute Gasteiger partial charge is 0.227 e. The summed E-state index contributed by atoms with van der Waals surface area (Å²) in [6, 6.07) is 5.14. The molecule has 3 rings (SSSR count). The maximum Gasteiger partial charge on any atom is 0.227 e. The van der Waals surface area contributed by atoms with E-state index >= 15 is 0 Å². The van der Waals surface area contributed by atoms with E-state index in [4.69, 9.17) is 9.52 Å². The van der Waals surface area contributed by atoms with E-state index in [1.165, 1.54) is 5.56 Å². The third-order valence-corrected chi connectivity index (χ3v) is 4.19. The molecule has 0 unspecified atom stereocenters. The van der Waals surface area contributed by atoms with Gasteiger partial charge in [-0.1, -0.05) is 0 Å². The summed E-state index contributed by atoms with van der Waals surface area (Å²) in [5, 5.41) is 19.0. The van der Waals surface area contributed by atoms with Gasteiger partial charge in [0.1, 0.15) is 12.4 Å². The lowest BCUT2D eigenvalue weighted by Gasteiger charge is -2.34. The molecule has 7 nitrogen and oxygen atoms in total. The Balaban J connectivity index is 1.58. The second kappa shape index (κ2) is 7.57. The maximum absolute atomic E-state index is 11.7. The van der Waals surface area contributed by atoms with Crippen LogP contribution < -0.4 is 5.43 Å². The molecule has 3 heterocycles. The van der Waals surface area contributed by atoms with Crippen LogP contribution in [0.2, 0.25) is 0 Å². The van der Waals surface area contributed by atoms with Gasteiger partial charge in [0.05, 0.1) is 6.54 Å². The van der Waals surface area contributed by atoms with Crippen molar-refractivity contribution in [1.29, 1.82) is 0 Å². The first-order valence-corrected chi connectivity index (χ1v) is 7.95. The van der Waals surface area contributed by atoms with E-state index in [1.807, 2.05) is 12.1 Å². The molecule has 24 heavy (non-hydrogen) atoms. The molecule has 0 spiro atoms. The molecule has 0 radical (unpaired) electrons. The Labute approximate surface area is 139 Å². The van der Waals surface area contributed by atoms with Gasteiger partial charge in [0.2, 0.25) is 11.2 Å². The van der Waals surface area contributed by atoms with Crippen molar-refractivity contribution in [3.05, 3.63) is 57.9 Å². The third-order valence-electron chi connectivity index (χ3n) is 4.19. The Hall–Kier alpha value is -2.22. The number of piperazine rings is 1. The van der Waals surface area contributed by atoms with Gasteiger partial charge in [-0.3, -0.25) is 19.6 Å². The van der Waals surface area contributed by atoms with Crippen LogP contribution in [-0.2, 0) is 19.7 Å². The standard InChI is InChI=1S/C17H21N3O4/c21-12-14-9-15(22)17(23)16(24-14)11-20-7-5-19(6-8-20)10-13-1-3-18-4-2-13/h1-4,9,21,23H,5-8,10-12H2. The molecule has 0 amide bonds. The van der Waals surface area contributed by atoms with Crippen molar-refractivity contribution in [2.45, 2.75) is 19.7 Å². The molecule has 0 atom stereocenters. The van der Waals surface area contributed by atoms with E-state index < -0.39 is 5.43 Å². The monoisotopic (exact) mass is 331 g/mol. The number of rotatable bonds is 5. The van der Waals surface area contributed by atoms with Crippen molar-refractivity contribution < 1.29 is 14.6 Å². The fourth-order valence-corrected chi connectivity index (χ4v) is 2.83. The number of nitrogens with zero attached hydrogens (tertiary/aromatic N) is 3. The van der Waals surface area contributed by atoms with Crippen molar-refractivity contribution >= 4 is 0 Å². The van der Waals surface area contributed by atoms with Crippen LogP contribution in [0.15, 0.2) is 39.8 Å². The number of aromatic hydroxyl groups is 1. The van der Waals surface area contributed by atoms with Crippen LogP contribution in [-0.4, -0.2) is 51.2 Å². The summed E-state index contributed by atoms with van der Waals surface area (Å²) in [5.41, 5.74) is 0.717. The zero-order chi connectivity index (χ0) is 16.9. The van der Waals surface area contributed by atoms with Gasteiger partial charge in [-0.25, -0.2) is 0 Å². The number of pyridine rings is 1. The fraction of sp³-hybridized carbons (Fsp3) is 0.412. The summed E-state index contributed by atoms with van der Waals surface area (Å²) in [5.74, 6) is 0.0182. The first kappa shape index (κ1) is 16.6. The van der Waals surface area contributed by atoms with Crippen molar-refractivity contribution in [1.82, 2.24) is 14.8 Å². The quantitative estimate of drug-likeness (QED) is 0.827. The summed E-state index contributed by atoms with van der Waals surface area (Å²) in [6.07, 6.45) is 3.59. The Morgan fingerprint density at radius 3 is 2.33 bits per heavy atom. The van der Waals surface area contributed by atoms with Gasteiger partial charge in [-0.2, -0.15) is 0 Å². The molecule has 1 aliphatic heterocycles. The molecule has 1 fully saturated rings. The Kier molecular flexibility index (Phi) is 5.24. The van der Waals surface area contributed by atoms with E-state index in [2.05, 4.69) is 14.8 Å². The van der Waals surface area contributed by atoms with Gasteiger partial charge in [-0.05, 0) is 17.7 Å². The molecule has 0 saturated carbocycles. The SMILES string of the molecule is O=c1cc(CO)oc(CN2CCN(Cc3ccncc3)CC2)c1O. The lowest BCUT2D eigenvalue weighted by molar-refractivity contribution is 0.112. The number of hydrogen-bond acceptors (Lipinski definition) is 7. The largest absolute Gasteiger partial charge is 0.502 e. The van der Waals surface area contributed by atoms with Crippen LogP contribution >= 0.6 is 0 Å². The molecular formula is C17H21N3O4. The van der Waals surface area contributed by atoms with Gasteiger partial charge in [0.15, 0.2) is 5.76 Å². The highest BCUT2D eigenvalue weighted by molar-refractivity contribution is 5.24. The zero-order valence-corrected chi connectivity index (χ0v) is 13.4. The van der Waals surface area contributed by atoms with E-state index in [0.717, 1.165) is 38.8 Å². The number of aliphatic hydroxyl groups excluding tert-OH is 1. The van der Waals surface area contributed by atoms with Crippen LogP contribution in [0.25, 0.3) is 0 Å². The minimum absolute atomic E-state index is 0.170. The first-order valence-electron chi connectivity index (χ1n) is 7.95. The van der Waals surface area contributed by atoms with Crippen molar-refractivity contribution in [3.8, 4) is 5.75 Å². The predicted octanol–water partition coefficient (Wildman–Crippen LogP) is 0.550. The highest BCUT2D eigenvalue weighted by Crippen LogP contribution is 2.18. The summed E-state index contributed by atoms with van der Waals surface area (Å²) in [7, 11) is 0. The molecule has 0 aliphatic carbocycles. The van der Waals surface area contributed by atoms with Gasteiger partial charge >= 0.3 is 0 Å². The molecule has 128 valence electrons. The average molecular weight is 331 g/mol. The van der Waals surface area contributed by atoms with Crippen molar-refractivity contribution in [2.24, 2.45) is 0 Å². The molecule has 2 aromatic heterocycles. The summed E-state index contributed by atoms with van der Waals surface area (Å²) < 4.78 is 5.40. The van der Waals surface area contributed by atoms with Gasteiger partial charge in [0, 0.05) is 51.2 Å². The third kappa shape index (κ3) is 4.00. The molecule has 1 saturated heterocycles. The molecule has 2 N–H and O–H groups in total. The number of aliphatic hydroxyl groups is 1.